The van der Waals surface area contributed by atoms with Crippen LogP contribution in [0, 0.1) is 0 Å². The van der Waals surface area contributed by atoms with Gasteiger partial charge in [-0.2, -0.15) is 5.10 Å². The van der Waals surface area contributed by atoms with E-state index in [0.29, 0.717) is 31.0 Å². The Labute approximate surface area is 161 Å². The summed E-state index contributed by atoms with van der Waals surface area (Å²) < 4.78 is 16.7. The van der Waals surface area contributed by atoms with Crippen LogP contribution in [0.1, 0.15) is 21.6 Å². The average Bonchev–Trinajstić information content (AvgIpc) is 2.72. The molecular weight excluding hydrogens is 366 g/mol. The Morgan fingerprint density at radius 3 is 2.43 bits per heavy atom. The van der Waals surface area contributed by atoms with E-state index < -0.39 is 12.6 Å². The minimum absolute atomic E-state index is 0.0317. The van der Waals surface area contributed by atoms with Gasteiger partial charge in [0, 0.05) is 26.2 Å². The van der Waals surface area contributed by atoms with Crippen molar-refractivity contribution in [3.63, 3.8) is 0 Å². The second-order valence-corrected chi connectivity index (χ2v) is 6.30. The van der Waals surface area contributed by atoms with Crippen molar-refractivity contribution in [1.29, 1.82) is 0 Å². The Kier molecular flexibility index (Phi) is 5.62. The molecule has 0 aliphatic carbocycles. The second kappa shape index (κ2) is 8.12. The van der Waals surface area contributed by atoms with Gasteiger partial charge in [-0.05, 0) is 35.7 Å². The number of aryl methyl sites for hydroxylation is 1. The molecule has 148 valence electrons. The summed E-state index contributed by atoms with van der Waals surface area (Å²) in [5.41, 5.74) is 1.68. The van der Waals surface area contributed by atoms with Crippen molar-refractivity contribution in [3.8, 4) is 11.5 Å². The van der Waals surface area contributed by atoms with Crippen LogP contribution in [-0.4, -0.2) is 53.9 Å². The van der Waals surface area contributed by atoms with E-state index in [4.69, 9.17) is 14.2 Å². The molecule has 0 fully saturated rings. The predicted molar refractivity (Wildman–Crippen MR) is 98.4 cm³/mol. The maximum absolute atomic E-state index is 12.5. The van der Waals surface area contributed by atoms with Gasteiger partial charge in [0.2, 0.25) is 0 Å². The first kappa shape index (κ1) is 19.4. The molecule has 1 aliphatic heterocycles. The number of esters is 1. The minimum Gasteiger partial charge on any atom is -0.493 e. The lowest BCUT2D eigenvalue weighted by Gasteiger charge is -2.29. The van der Waals surface area contributed by atoms with Crippen LogP contribution < -0.4 is 15.0 Å². The van der Waals surface area contributed by atoms with Gasteiger partial charge in [0.1, 0.15) is 0 Å². The maximum Gasteiger partial charge on any atom is 0.359 e. The lowest BCUT2D eigenvalue weighted by Crippen LogP contribution is -2.38. The number of rotatable bonds is 5. The van der Waals surface area contributed by atoms with Gasteiger partial charge < -0.3 is 19.1 Å². The van der Waals surface area contributed by atoms with E-state index in [2.05, 4.69) is 5.10 Å². The first-order chi connectivity index (χ1) is 13.4. The fraction of sp³-hybridized carbons (Fsp3) is 0.368. The lowest BCUT2D eigenvalue weighted by molar-refractivity contribution is -0.135. The molecular formula is C19H21N3O6. The molecule has 3 rings (SSSR count). The molecule has 0 radical (unpaired) electrons. The van der Waals surface area contributed by atoms with E-state index in [9.17, 15) is 14.4 Å². The fourth-order valence-corrected chi connectivity index (χ4v) is 3.00. The van der Waals surface area contributed by atoms with Crippen molar-refractivity contribution in [2.24, 2.45) is 7.05 Å². The van der Waals surface area contributed by atoms with Gasteiger partial charge in [-0.25, -0.2) is 9.48 Å². The summed E-state index contributed by atoms with van der Waals surface area (Å²) in [5, 5.41) is 3.81. The number of nitrogens with zero attached hydrogens (tertiary/aromatic N) is 3. The molecule has 1 aromatic heterocycles. The zero-order chi connectivity index (χ0) is 20.3. The summed E-state index contributed by atoms with van der Waals surface area (Å²) in [6.07, 6.45) is 0.664. The summed E-state index contributed by atoms with van der Waals surface area (Å²) in [6.45, 7) is 0.507. The summed E-state index contributed by atoms with van der Waals surface area (Å²) in [4.78, 5) is 37.5. The van der Waals surface area contributed by atoms with Gasteiger partial charge in [0.05, 0.1) is 14.2 Å². The van der Waals surface area contributed by atoms with Crippen LogP contribution in [0.3, 0.4) is 0 Å². The summed E-state index contributed by atoms with van der Waals surface area (Å²) in [6, 6.07) is 6.26. The molecule has 1 aromatic carbocycles. The molecule has 9 heteroatoms. The number of fused-ring (bicyclic) bond motifs is 1. The second-order valence-electron chi connectivity index (χ2n) is 6.30. The van der Waals surface area contributed by atoms with E-state index >= 15 is 0 Å². The third-order valence-electron chi connectivity index (χ3n) is 4.57. The topological polar surface area (TPSA) is 100.0 Å². The molecule has 0 unspecified atom stereocenters. The van der Waals surface area contributed by atoms with E-state index in [0.717, 1.165) is 15.8 Å². The maximum atomic E-state index is 12.5. The van der Waals surface area contributed by atoms with Crippen LogP contribution >= 0.6 is 0 Å². The van der Waals surface area contributed by atoms with Crippen molar-refractivity contribution in [2.45, 2.75) is 13.0 Å². The zero-order valence-electron chi connectivity index (χ0n) is 15.9. The highest BCUT2D eigenvalue weighted by Crippen LogP contribution is 2.33. The predicted octanol–water partition coefficient (Wildman–Crippen LogP) is 0.539. The number of ether oxygens (including phenoxy) is 3. The quantitative estimate of drug-likeness (QED) is 0.690. The molecule has 0 spiro atoms. The third kappa shape index (κ3) is 3.98. The Hall–Kier alpha value is -3.36. The Morgan fingerprint density at radius 1 is 1.11 bits per heavy atom. The summed E-state index contributed by atoms with van der Waals surface area (Å²) in [7, 11) is 4.57. The summed E-state index contributed by atoms with van der Waals surface area (Å²) >= 11 is 0. The standard InChI is InChI=1S/C19H21N3O6/c1-21-17(23)5-4-14(20-21)19(25)28-11-18(24)22-7-6-12-8-15(26-2)16(27-3)9-13(12)10-22/h4-5,8-9H,6-7,10-11H2,1-3H3. The Bertz CT molecular complexity index is 969. The van der Waals surface area contributed by atoms with Crippen LogP contribution in [0.4, 0.5) is 0 Å². The SMILES string of the molecule is COc1cc2c(cc1OC)CN(C(=O)COC(=O)c1ccc(=O)n(C)n1)CC2. The third-order valence-corrected chi connectivity index (χ3v) is 4.57. The van der Waals surface area contributed by atoms with Crippen LogP contribution in [0.5, 0.6) is 11.5 Å². The van der Waals surface area contributed by atoms with Crippen LogP contribution in [0.15, 0.2) is 29.1 Å². The molecule has 2 aromatic rings. The highest BCUT2D eigenvalue weighted by Gasteiger charge is 2.24. The van der Waals surface area contributed by atoms with Crippen LogP contribution in [0.25, 0.3) is 0 Å². The molecule has 0 N–H and O–H groups in total. The van der Waals surface area contributed by atoms with Crippen LogP contribution in [-0.2, 0) is 29.5 Å². The number of carbonyl (C=O) groups is 2. The first-order valence-electron chi connectivity index (χ1n) is 8.66. The monoisotopic (exact) mass is 387 g/mol. The average molecular weight is 387 g/mol. The van der Waals surface area contributed by atoms with Gasteiger partial charge in [0.25, 0.3) is 11.5 Å². The largest absolute Gasteiger partial charge is 0.493 e. The molecule has 0 saturated heterocycles. The normalized spacial score (nSPS) is 12.9. The number of benzene rings is 1. The number of methoxy groups -OCH3 is 2. The van der Waals surface area contributed by atoms with Gasteiger partial charge in [-0.15, -0.1) is 0 Å². The molecule has 0 bridgehead atoms. The molecule has 28 heavy (non-hydrogen) atoms. The van der Waals surface area contributed by atoms with Crippen molar-refractivity contribution in [3.05, 3.63) is 51.4 Å². The highest BCUT2D eigenvalue weighted by atomic mass is 16.5. The van der Waals surface area contributed by atoms with Crippen LogP contribution in [0.2, 0.25) is 0 Å². The molecule has 1 aliphatic rings. The zero-order valence-corrected chi connectivity index (χ0v) is 15.9. The van der Waals surface area contributed by atoms with Crippen molar-refractivity contribution in [1.82, 2.24) is 14.7 Å². The lowest BCUT2D eigenvalue weighted by atomic mass is 9.99. The number of carbonyl (C=O) groups excluding carboxylic acids is 2. The minimum atomic E-state index is -0.757. The van der Waals surface area contributed by atoms with E-state index in [1.54, 1.807) is 19.1 Å². The first-order valence-corrected chi connectivity index (χ1v) is 8.66. The van der Waals surface area contributed by atoms with Gasteiger partial charge in [0.15, 0.2) is 23.8 Å². The smallest absolute Gasteiger partial charge is 0.359 e. The van der Waals surface area contributed by atoms with E-state index in [-0.39, 0.29) is 17.2 Å². The van der Waals surface area contributed by atoms with Crippen molar-refractivity contribution >= 4 is 11.9 Å². The fourth-order valence-electron chi connectivity index (χ4n) is 3.00. The number of hydrogen-bond donors (Lipinski definition) is 0. The van der Waals surface area contributed by atoms with E-state index in [1.807, 2.05) is 12.1 Å². The molecule has 0 atom stereocenters. The van der Waals surface area contributed by atoms with Gasteiger partial charge >= 0.3 is 5.97 Å². The number of aromatic nitrogens is 2. The molecule has 2 heterocycles. The van der Waals surface area contributed by atoms with E-state index in [1.165, 1.54) is 19.2 Å². The number of hydrogen-bond acceptors (Lipinski definition) is 7. The summed E-state index contributed by atoms with van der Waals surface area (Å²) in [5.74, 6) is 0.189. The molecule has 9 nitrogen and oxygen atoms in total. The van der Waals surface area contributed by atoms with Gasteiger partial charge in [-0.1, -0.05) is 0 Å². The molecule has 0 saturated carbocycles. The highest BCUT2D eigenvalue weighted by molar-refractivity contribution is 5.89. The van der Waals surface area contributed by atoms with Gasteiger partial charge in [-0.3, -0.25) is 9.59 Å². The van der Waals surface area contributed by atoms with Crippen molar-refractivity contribution < 1.29 is 23.8 Å². The Balaban J connectivity index is 1.63. The Morgan fingerprint density at radius 2 is 1.79 bits per heavy atom. The molecule has 1 amide bonds. The van der Waals surface area contributed by atoms with Crippen molar-refractivity contribution in [2.75, 3.05) is 27.4 Å². The number of amides is 1.